The topological polar surface area (TPSA) is 111 Å². The first-order chi connectivity index (χ1) is 37.5. The summed E-state index contributed by atoms with van der Waals surface area (Å²) in [6.07, 6.45) is 79.0. The fourth-order valence-corrected chi connectivity index (χ4v) is 9.28. The lowest BCUT2D eigenvalue weighted by molar-refractivity contribution is -0.870. The van der Waals surface area contributed by atoms with Gasteiger partial charge in [0.05, 0.1) is 27.7 Å². The fraction of sp³-hybridized carbons (Fsp3) is 0.731. The van der Waals surface area contributed by atoms with Gasteiger partial charge in [0.1, 0.15) is 19.8 Å². The van der Waals surface area contributed by atoms with Gasteiger partial charge in [-0.25, -0.2) is 0 Å². The molecule has 77 heavy (non-hydrogen) atoms. The zero-order valence-corrected chi connectivity index (χ0v) is 51.3. The van der Waals surface area contributed by atoms with Crippen LogP contribution in [-0.4, -0.2) is 70.0 Å². The van der Waals surface area contributed by atoms with Crippen molar-refractivity contribution in [2.45, 2.75) is 270 Å². The standard InChI is InChI=1S/C67H118NO8P/c1-6-8-10-12-14-16-18-20-22-24-26-28-30-32-34-36-38-40-42-44-46-48-50-52-54-56-58-60-67(70)76-65(64-75-77(71,72)74-62-61-68(3,4)5)63-73-66(69)59-57-55-53-51-49-47-45-43-41-39-37-35-33-31-29-27-25-23-21-19-17-15-13-11-9-7-2/h8,10,14,16,20,22,26,28,32,34,38,40,44,46,50,52,65H,6-7,9,11-13,15,17-19,21,23-25,27,29-31,33,35-37,39,41-43,45,47-49,51,53-64H2,1-5H3/b10-8-,16-14-,22-20-,28-26-,34-32-,40-38-,46-44-,52-50-. The Morgan fingerprint density at radius 3 is 1.10 bits per heavy atom. The minimum absolute atomic E-state index is 0.0432. The first-order valence-corrected chi connectivity index (χ1v) is 32.9. The maximum absolute atomic E-state index is 12.8. The number of hydrogen-bond acceptors (Lipinski definition) is 8. The van der Waals surface area contributed by atoms with E-state index in [0.29, 0.717) is 17.4 Å². The number of carbonyl (C=O) groups is 2. The van der Waals surface area contributed by atoms with Gasteiger partial charge in [-0.15, -0.1) is 0 Å². The molecular formula is C67H118NO8P. The third-order valence-electron chi connectivity index (χ3n) is 13.4. The van der Waals surface area contributed by atoms with Crippen molar-refractivity contribution in [3.8, 4) is 0 Å². The van der Waals surface area contributed by atoms with E-state index in [1.165, 1.54) is 148 Å². The van der Waals surface area contributed by atoms with Gasteiger partial charge < -0.3 is 27.9 Å². The molecule has 444 valence electrons. The summed E-state index contributed by atoms with van der Waals surface area (Å²) < 4.78 is 34.2. The molecular weight excluding hydrogens is 978 g/mol. The molecule has 0 radical (unpaired) electrons. The van der Waals surface area contributed by atoms with E-state index in [9.17, 15) is 19.0 Å². The molecule has 0 bridgehead atoms. The van der Waals surface area contributed by atoms with Crippen LogP contribution in [-0.2, 0) is 32.7 Å². The van der Waals surface area contributed by atoms with Gasteiger partial charge in [0, 0.05) is 12.8 Å². The molecule has 0 N–H and O–H groups in total. The molecule has 10 heteroatoms. The second-order valence-corrected chi connectivity index (χ2v) is 23.5. The lowest BCUT2D eigenvalue weighted by Gasteiger charge is -2.28. The molecule has 2 atom stereocenters. The number of unbranched alkanes of at least 4 members (excludes halogenated alkanes) is 27. The summed E-state index contributed by atoms with van der Waals surface area (Å²) in [5.41, 5.74) is 0. The SMILES string of the molecule is CC/C=C\C/C=C\C/C=C\C/C=C\C/C=C\C/C=C\C/C=C\C/C=C\CCCCC(=O)OC(COC(=O)CCCCCCCCCCCCCCCCCCCCCCCCCCCC)COP(=O)([O-])OCC[N+](C)(C)C. The Morgan fingerprint density at radius 1 is 0.416 bits per heavy atom. The van der Waals surface area contributed by atoms with Gasteiger partial charge in [0.25, 0.3) is 7.82 Å². The average Bonchev–Trinajstić information content (AvgIpc) is 3.39. The molecule has 0 aromatic carbocycles. The number of quaternary nitrogens is 1. The van der Waals surface area contributed by atoms with E-state index in [1.54, 1.807) is 0 Å². The van der Waals surface area contributed by atoms with Crippen LogP contribution in [0.2, 0.25) is 0 Å². The van der Waals surface area contributed by atoms with Gasteiger partial charge in [0.15, 0.2) is 6.10 Å². The molecule has 2 unspecified atom stereocenters. The van der Waals surface area contributed by atoms with E-state index < -0.39 is 32.5 Å². The molecule has 0 amide bonds. The van der Waals surface area contributed by atoms with E-state index in [2.05, 4.69) is 111 Å². The predicted octanol–water partition coefficient (Wildman–Crippen LogP) is 19.4. The Kier molecular flexibility index (Phi) is 55.3. The van der Waals surface area contributed by atoms with Crippen LogP contribution in [0.3, 0.4) is 0 Å². The molecule has 0 heterocycles. The molecule has 0 rings (SSSR count). The molecule has 9 nitrogen and oxygen atoms in total. The highest BCUT2D eigenvalue weighted by atomic mass is 31.2. The lowest BCUT2D eigenvalue weighted by atomic mass is 10.0. The highest BCUT2D eigenvalue weighted by molar-refractivity contribution is 7.45. The number of allylic oxidation sites excluding steroid dienone is 16. The van der Waals surface area contributed by atoms with E-state index in [-0.39, 0.29) is 26.1 Å². The van der Waals surface area contributed by atoms with Gasteiger partial charge in [0.2, 0.25) is 0 Å². The maximum atomic E-state index is 12.8. The van der Waals surface area contributed by atoms with Crippen LogP contribution in [0.25, 0.3) is 0 Å². The van der Waals surface area contributed by atoms with Crippen molar-refractivity contribution < 1.29 is 42.1 Å². The Balaban J connectivity index is 4.21. The van der Waals surface area contributed by atoms with E-state index in [4.69, 9.17) is 18.5 Å². The third kappa shape index (κ3) is 62.0. The van der Waals surface area contributed by atoms with Gasteiger partial charge in [-0.3, -0.25) is 14.2 Å². The zero-order valence-electron chi connectivity index (χ0n) is 50.4. The summed E-state index contributed by atoms with van der Waals surface area (Å²) >= 11 is 0. The Morgan fingerprint density at radius 2 is 0.740 bits per heavy atom. The van der Waals surface area contributed by atoms with Crippen LogP contribution in [0.1, 0.15) is 264 Å². The van der Waals surface area contributed by atoms with Crippen LogP contribution in [0, 0.1) is 0 Å². The Hall–Kier alpha value is -3.07. The van der Waals surface area contributed by atoms with Crippen LogP contribution in [0.4, 0.5) is 0 Å². The Labute approximate surface area is 474 Å². The monoisotopic (exact) mass is 1100 g/mol. The van der Waals surface area contributed by atoms with Crippen LogP contribution in [0.5, 0.6) is 0 Å². The number of ether oxygens (including phenoxy) is 2. The van der Waals surface area contributed by atoms with Crippen LogP contribution >= 0.6 is 7.82 Å². The van der Waals surface area contributed by atoms with E-state index in [1.807, 2.05) is 21.1 Å². The molecule has 0 fully saturated rings. The van der Waals surface area contributed by atoms with Crippen molar-refractivity contribution in [1.29, 1.82) is 0 Å². The molecule has 0 saturated heterocycles. The van der Waals surface area contributed by atoms with Crippen molar-refractivity contribution in [3.05, 3.63) is 97.2 Å². The second-order valence-electron chi connectivity index (χ2n) is 22.0. The number of esters is 2. The van der Waals surface area contributed by atoms with Crippen molar-refractivity contribution in [2.75, 3.05) is 47.5 Å². The molecule has 0 aromatic heterocycles. The normalized spacial score (nSPS) is 13.9. The lowest BCUT2D eigenvalue weighted by Crippen LogP contribution is -2.37. The summed E-state index contributed by atoms with van der Waals surface area (Å²) in [4.78, 5) is 37.9. The highest BCUT2D eigenvalue weighted by Crippen LogP contribution is 2.38. The first kappa shape index (κ1) is 73.9. The van der Waals surface area contributed by atoms with Gasteiger partial charge in [-0.2, -0.15) is 0 Å². The zero-order chi connectivity index (χ0) is 56.3. The summed E-state index contributed by atoms with van der Waals surface area (Å²) in [5.74, 6) is -0.881. The van der Waals surface area contributed by atoms with Crippen LogP contribution in [0.15, 0.2) is 97.2 Å². The number of hydrogen-bond donors (Lipinski definition) is 0. The molecule has 0 aromatic rings. The molecule has 0 saturated carbocycles. The summed E-state index contributed by atoms with van der Waals surface area (Å²) in [7, 11) is 1.13. The minimum Gasteiger partial charge on any atom is -0.756 e. The summed E-state index contributed by atoms with van der Waals surface area (Å²) in [5, 5.41) is 0. The number of rotatable bonds is 57. The minimum atomic E-state index is -4.66. The van der Waals surface area contributed by atoms with Crippen molar-refractivity contribution >= 4 is 19.8 Å². The molecule has 0 aliphatic heterocycles. The molecule has 0 spiro atoms. The van der Waals surface area contributed by atoms with Gasteiger partial charge in [-0.05, 0) is 77.0 Å². The number of phosphoric ester groups is 1. The van der Waals surface area contributed by atoms with Crippen molar-refractivity contribution in [3.63, 3.8) is 0 Å². The Bertz CT molecular complexity index is 1620. The summed E-state index contributed by atoms with van der Waals surface area (Å²) in [6.45, 7) is 4.10. The maximum Gasteiger partial charge on any atom is 0.306 e. The van der Waals surface area contributed by atoms with E-state index in [0.717, 1.165) is 83.5 Å². The fourth-order valence-electron chi connectivity index (χ4n) is 8.56. The summed E-state index contributed by atoms with van der Waals surface area (Å²) in [6, 6.07) is 0. The quantitative estimate of drug-likeness (QED) is 0.0195. The van der Waals surface area contributed by atoms with Gasteiger partial charge in [-0.1, -0.05) is 272 Å². The first-order valence-electron chi connectivity index (χ1n) is 31.4. The number of likely N-dealkylation sites (N-methyl/N-ethyl adjacent to an activating group) is 1. The van der Waals surface area contributed by atoms with E-state index >= 15 is 0 Å². The largest absolute Gasteiger partial charge is 0.756 e. The molecule has 0 aliphatic carbocycles. The van der Waals surface area contributed by atoms with Crippen molar-refractivity contribution in [1.82, 2.24) is 0 Å². The van der Waals surface area contributed by atoms with Crippen molar-refractivity contribution in [2.24, 2.45) is 0 Å². The molecule has 0 aliphatic rings. The number of nitrogens with zero attached hydrogens (tertiary/aromatic N) is 1. The average molecular weight is 1100 g/mol. The smallest absolute Gasteiger partial charge is 0.306 e. The van der Waals surface area contributed by atoms with Crippen LogP contribution < -0.4 is 4.89 Å². The highest BCUT2D eigenvalue weighted by Gasteiger charge is 2.22. The third-order valence-corrected chi connectivity index (χ3v) is 14.3. The second kappa shape index (κ2) is 57.6. The predicted molar refractivity (Wildman–Crippen MR) is 328 cm³/mol. The number of carbonyl (C=O) groups excluding carboxylic acids is 2. The number of phosphoric acid groups is 1. The van der Waals surface area contributed by atoms with Gasteiger partial charge >= 0.3 is 11.9 Å².